The van der Waals surface area contributed by atoms with Crippen LogP contribution in [0.1, 0.15) is 5.56 Å². The maximum atomic E-state index is 9.88. The van der Waals surface area contributed by atoms with Crippen LogP contribution < -0.4 is 9.47 Å². The van der Waals surface area contributed by atoms with E-state index in [1.54, 1.807) is 6.92 Å². The maximum absolute atomic E-state index is 9.88. The summed E-state index contributed by atoms with van der Waals surface area (Å²) in [5.41, 5.74) is 0.681. The summed E-state index contributed by atoms with van der Waals surface area (Å²) in [7, 11) is 2.93. The van der Waals surface area contributed by atoms with E-state index in [4.69, 9.17) is 25.8 Å². The summed E-state index contributed by atoms with van der Waals surface area (Å²) in [4.78, 5) is 0. The van der Waals surface area contributed by atoms with Gasteiger partial charge in [0.2, 0.25) is 5.75 Å². The maximum Gasteiger partial charge on any atom is 0.208 e. The third kappa shape index (κ3) is 2.36. The minimum Gasteiger partial charge on any atom is -0.503 e. The average molecular weight is 312 g/mol. The SMILES string of the molecule is COCOc1c(O)c(Br)c(C)c(Cl)c1OC. The molecule has 1 N–H and O–H groups in total. The van der Waals surface area contributed by atoms with Crippen LogP contribution in [0.25, 0.3) is 0 Å². The second-order valence-electron chi connectivity index (χ2n) is 3.01. The Morgan fingerprint density at radius 2 is 1.94 bits per heavy atom. The van der Waals surface area contributed by atoms with Crippen molar-refractivity contribution in [1.82, 2.24) is 0 Å². The van der Waals surface area contributed by atoms with Gasteiger partial charge in [0.05, 0.1) is 16.6 Å². The van der Waals surface area contributed by atoms with Crippen LogP contribution in [0.15, 0.2) is 4.47 Å². The van der Waals surface area contributed by atoms with E-state index >= 15 is 0 Å². The summed E-state index contributed by atoms with van der Waals surface area (Å²) in [6.07, 6.45) is 0. The molecule has 0 aliphatic carbocycles. The van der Waals surface area contributed by atoms with Crippen molar-refractivity contribution in [1.29, 1.82) is 0 Å². The summed E-state index contributed by atoms with van der Waals surface area (Å²) in [6.45, 7) is 1.75. The Labute approximate surface area is 107 Å². The van der Waals surface area contributed by atoms with E-state index in [2.05, 4.69) is 15.9 Å². The first kappa shape index (κ1) is 13.4. The number of hydrogen-bond donors (Lipinski definition) is 1. The molecule has 0 amide bonds. The van der Waals surface area contributed by atoms with Crippen molar-refractivity contribution in [3.63, 3.8) is 0 Å². The fourth-order valence-electron chi connectivity index (χ4n) is 1.19. The Morgan fingerprint density at radius 3 is 2.44 bits per heavy atom. The van der Waals surface area contributed by atoms with Gasteiger partial charge in [-0.2, -0.15) is 0 Å². The predicted octanol–water partition coefficient (Wildman–Crippen LogP) is 3.11. The highest BCUT2D eigenvalue weighted by Gasteiger charge is 2.21. The number of benzene rings is 1. The van der Waals surface area contributed by atoms with Crippen LogP contribution in [-0.4, -0.2) is 26.1 Å². The van der Waals surface area contributed by atoms with E-state index in [1.165, 1.54) is 14.2 Å². The summed E-state index contributed by atoms with van der Waals surface area (Å²) < 4.78 is 15.5. The molecule has 0 unspecified atom stereocenters. The minimum absolute atomic E-state index is 0.00422. The largest absolute Gasteiger partial charge is 0.503 e. The van der Waals surface area contributed by atoms with Gasteiger partial charge in [-0.15, -0.1) is 0 Å². The molecule has 90 valence electrons. The number of methoxy groups -OCH3 is 2. The first-order valence-electron chi connectivity index (χ1n) is 4.40. The molecule has 0 saturated carbocycles. The van der Waals surface area contributed by atoms with Gasteiger partial charge in [-0.25, -0.2) is 0 Å². The first-order valence-corrected chi connectivity index (χ1v) is 5.57. The molecular formula is C10H12BrClO4. The molecule has 0 bridgehead atoms. The van der Waals surface area contributed by atoms with Gasteiger partial charge in [-0.3, -0.25) is 0 Å². The van der Waals surface area contributed by atoms with E-state index in [0.717, 1.165) is 0 Å². The number of ether oxygens (including phenoxy) is 3. The Balaban J connectivity index is 3.33. The number of aromatic hydroxyl groups is 1. The fourth-order valence-corrected chi connectivity index (χ4v) is 1.94. The molecule has 0 aliphatic heterocycles. The van der Waals surface area contributed by atoms with Crippen LogP contribution in [0, 0.1) is 6.92 Å². The van der Waals surface area contributed by atoms with Gasteiger partial charge in [0.15, 0.2) is 18.3 Å². The Bertz CT molecular complexity index is 395. The van der Waals surface area contributed by atoms with Crippen molar-refractivity contribution in [2.75, 3.05) is 21.0 Å². The highest BCUT2D eigenvalue weighted by Crippen LogP contribution is 2.49. The normalized spacial score (nSPS) is 10.3. The standard InChI is InChI=1S/C10H12BrClO4/c1-5-6(11)8(13)10(16-4-14-2)9(15-3)7(5)12/h13H,4H2,1-3H3. The van der Waals surface area contributed by atoms with E-state index in [9.17, 15) is 5.11 Å². The minimum atomic E-state index is -0.0594. The molecule has 4 nitrogen and oxygen atoms in total. The summed E-state index contributed by atoms with van der Waals surface area (Å²) in [6, 6.07) is 0. The van der Waals surface area contributed by atoms with Gasteiger partial charge in [0.1, 0.15) is 0 Å². The summed E-state index contributed by atoms with van der Waals surface area (Å²) in [5, 5.41) is 10.3. The lowest BCUT2D eigenvalue weighted by molar-refractivity contribution is 0.0471. The van der Waals surface area contributed by atoms with Crippen molar-refractivity contribution >= 4 is 27.5 Å². The molecule has 0 saturated heterocycles. The molecule has 0 radical (unpaired) electrons. The van der Waals surface area contributed by atoms with Crippen LogP contribution in [0.4, 0.5) is 0 Å². The highest BCUT2D eigenvalue weighted by molar-refractivity contribution is 9.10. The van der Waals surface area contributed by atoms with Crippen molar-refractivity contribution in [2.24, 2.45) is 0 Å². The van der Waals surface area contributed by atoms with Crippen LogP contribution in [-0.2, 0) is 4.74 Å². The smallest absolute Gasteiger partial charge is 0.208 e. The molecule has 0 fully saturated rings. The van der Waals surface area contributed by atoms with Gasteiger partial charge >= 0.3 is 0 Å². The Kier molecular flexibility index (Phi) is 4.70. The van der Waals surface area contributed by atoms with Gasteiger partial charge in [-0.1, -0.05) is 11.6 Å². The monoisotopic (exact) mass is 310 g/mol. The van der Waals surface area contributed by atoms with Gasteiger partial charge < -0.3 is 19.3 Å². The number of phenols is 1. The predicted molar refractivity (Wildman–Crippen MR) is 64.6 cm³/mol. The Hall–Kier alpha value is -0.650. The summed E-state index contributed by atoms with van der Waals surface area (Å²) in [5.74, 6) is 0.388. The Morgan fingerprint density at radius 1 is 1.31 bits per heavy atom. The third-order valence-electron chi connectivity index (χ3n) is 2.01. The van der Waals surface area contributed by atoms with Gasteiger partial charge in [0, 0.05) is 7.11 Å². The molecule has 0 heterocycles. The molecular weight excluding hydrogens is 299 g/mol. The van der Waals surface area contributed by atoms with E-state index in [0.29, 0.717) is 15.1 Å². The van der Waals surface area contributed by atoms with E-state index in [1.807, 2.05) is 0 Å². The first-order chi connectivity index (χ1) is 7.54. The lowest BCUT2D eigenvalue weighted by Gasteiger charge is -2.16. The molecule has 1 aromatic carbocycles. The molecule has 0 aliphatic rings. The lowest BCUT2D eigenvalue weighted by atomic mass is 10.2. The number of rotatable bonds is 4. The fraction of sp³-hybridized carbons (Fsp3) is 0.400. The number of halogens is 2. The lowest BCUT2D eigenvalue weighted by Crippen LogP contribution is -2.02. The van der Waals surface area contributed by atoms with Crippen LogP contribution in [0.2, 0.25) is 5.02 Å². The topological polar surface area (TPSA) is 47.9 Å². The average Bonchev–Trinajstić information content (AvgIpc) is 2.29. The van der Waals surface area contributed by atoms with Crippen molar-refractivity contribution < 1.29 is 19.3 Å². The van der Waals surface area contributed by atoms with Gasteiger partial charge in [0.25, 0.3) is 0 Å². The molecule has 1 rings (SSSR count). The van der Waals surface area contributed by atoms with E-state index in [-0.39, 0.29) is 24.0 Å². The highest BCUT2D eigenvalue weighted by atomic mass is 79.9. The van der Waals surface area contributed by atoms with Crippen molar-refractivity contribution in [2.45, 2.75) is 6.92 Å². The van der Waals surface area contributed by atoms with Crippen LogP contribution in [0.3, 0.4) is 0 Å². The van der Waals surface area contributed by atoms with E-state index < -0.39 is 0 Å². The van der Waals surface area contributed by atoms with Crippen molar-refractivity contribution in [3.05, 3.63) is 15.1 Å². The van der Waals surface area contributed by atoms with Crippen molar-refractivity contribution in [3.8, 4) is 17.2 Å². The molecule has 1 aromatic rings. The summed E-state index contributed by atoms with van der Waals surface area (Å²) >= 11 is 9.29. The molecule has 6 heteroatoms. The number of hydrogen-bond acceptors (Lipinski definition) is 4. The molecule has 0 spiro atoms. The molecule has 0 atom stereocenters. The zero-order chi connectivity index (χ0) is 12.3. The zero-order valence-electron chi connectivity index (χ0n) is 9.13. The zero-order valence-corrected chi connectivity index (χ0v) is 11.5. The molecule has 0 aromatic heterocycles. The van der Waals surface area contributed by atoms with Gasteiger partial charge in [-0.05, 0) is 28.4 Å². The second kappa shape index (κ2) is 5.61. The van der Waals surface area contributed by atoms with Crippen LogP contribution >= 0.6 is 27.5 Å². The quantitative estimate of drug-likeness (QED) is 0.868. The molecule has 16 heavy (non-hydrogen) atoms. The number of phenolic OH excluding ortho intramolecular Hbond substituents is 1. The second-order valence-corrected chi connectivity index (χ2v) is 4.19. The van der Waals surface area contributed by atoms with Crippen LogP contribution in [0.5, 0.6) is 17.2 Å². The third-order valence-corrected chi connectivity index (χ3v) is 3.44.